The van der Waals surface area contributed by atoms with Gasteiger partial charge in [-0.3, -0.25) is 4.79 Å². The Morgan fingerprint density at radius 3 is 2.07 bits per heavy atom. The zero-order chi connectivity index (χ0) is 22.3. The van der Waals surface area contributed by atoms with Gasteiger partial charge in [0.15, 0.2) is 6.04 Å². The molecule has 3 unspecified atom stereocenters. The zero-order valence-electron chi connectivity index (χ0n) is 19.1. The molecule has 0 aliphatic rings. The summed E-state index contributed by atoms with van der Waals surface area (Å²) in [5.74, 6) is -2.63. The molecule has 0 aromatic heterocycles. The number of quaternary nitrogens is 1. The number of aliphatic hydroxyl groups is 1. The summed E-state index contributed by atoms with van der Waals surface area (Å²) >= 11 is 0. The summed E-state index contributed by atoms with van der Waals surface area (Å²) < 4.78 is -0.332. The van der Waals surface area contributed by atoms with Crippen LogP contribution in [0.4, 0.5) is 0 Å². The Kier molecular flexibility index (Phi) is 18.5. The maximum atomic E-state index is 12.0. The Morgan fingerprint density at radius 2 is 1.60 bits per heavy atom. The quantitative estimate of drug-likeness (QED) is 0.135. The fourth-order valence-electron chi connectivity index (χ4n) is 3.82. The van der Waals surface area contributed by atoms with Crippen molar-refractivity contribution < 1.29 is 63.7 Å². The molecule has 0 saturated heterocycles. The monoisotopic (exact) mass is 437 g/mol. The number of unbranched alkanes of at least 4 members (excludes halogenated alkanes) is 1. The van der Waals surface area contributed by atoms with Crippen LogP contribution in [-0.2, 0) is 14.4 Å². The maximum Gasteiger partial charge on any atom is 1.00 e. The van der Waals surface area contributed by atoms with Gasteiger partial charge in [0.1, 0.15) is 12.6 Å². The summed E-state index contributed by atoms with van der Waals surface area (Å²) in [5, 5.41) is 34.2. The second-order valence-corrected chi connectivity index (χ2v) is 7.35. The molecule has 0 rings (SSSR count). The van der Waals surface area contributed by atoms with E-state index in [0.29, 0.717) is 12.8 Å². The molecule has 1 amide bonds. The largest absolute Gasteiger partial charge is 1.00 e. The molecule has 0 bridgehead atoms. The van der Waals surface area contributed by atoms with Gasteiger partial charge in [-0.15, -0.1) is 0 Å². The number of nitrogens with zero attached hydrogens (tertiary/aromatic N) is 1. The van der Waals surface area contributed by atoms with E-state index in [-0.39, 0.29) is 85.5 Å². The van der Waals surface area contributed by atoms with Crippen molar-refractivity contribution in [3.05, 3.63) is 12.2 Å². The molecule has 8 nitrogen and oxygen atoms in total. The molecule has 0 spiro atoms. The van der Waals surface area contributed by atoms with Crippen LogP contribution in [0.3, 0.4) is 0 Å². The molecule has 3 atom stereocenters. The number of carbonyl (C=O) groups is 3. The van der Waals surface area contributed by atoms with Gasteiger partial charge in [-0.25, -0.2) is 4.79 Å². The van der Waals surface area contributed by atoms with Crippen LogP contribution in [-0.4, -0.2) is 70.9 Å². The standard InChI is InChI=1S/C21H38N2O6.Na/c1-4-7-8-9-12-19(25)22-13-14-23(15-16-24,17(10-5-2)20(26)27)18(11-6-3)21(28)29;/h8-9,17-18,24H,4-7,10-16H2,1-3H3,(H2-,22,25,26,27,28,29);/q;+1/b9-8+;. The minimum Gasteiger partial charge on any atom is -0.544 e. The minimum absolute atomic E-state index is 0. The second kappa shape index (κ2) is 17.7. The van der Waals surface area contributed by atoms with Crippen molar-refractivity contribution in [3.63, 3.8) is 0 Å². The first-order valence-corrected chi connectivity index (χ1v) is 10.6. The van der Waals surface area contributed by atoms with E-state index in [1.165, 1.54) is 0 Å². The number of hydrogen-bond donors (Lipinski definition) is 3. The number of carboxylic acid groups (broad SMARTS) is 2. The van der Waals surface area contributed by atoms with E-state index in [1.54, 1.807) is 6.08 Å². The van der Waals surface area contributed by atoms with Gasteiger partial charge in [0.2, 0.25) is 5.91 Å². The second-order valence-electron chi connectivity index (χ2n) is 7.35. The van der Waals surface area contributed by atoms with E-state index in [9.17, 15) is 29.7 Å². The van der Waals surface area contributed by atoms with E-state index in [4.69, 9.17) is 0 Å². The third-order valence-corrected chi connectivity index (χ3v) is 5.21. The normalized spacial score (nSPS) is 15.1. The molecule has 0 aliphatic carbocycles. The number of carbonyl (C=O) groups excluding carboxylic acids is 2. The molecule has 0 heterocycles. The SMILES string of the molecule is CCC/C=C/CC(=O)NCC[N+](CCO)(C(CCC)C(=O)[O-])C(CCC)C(=O)O.[Na+]. The molecular formula is C21H38N2NaO6+. The van der Waals surface area contributed by atoms with Crippen LogP contribution in [0.2, 0.25) is 0 Å². The molecule has 0 fully saturated rings. The smallest absolute Gasteiger partial charge is 0.544 e. The Labute approximate surface area is 202 Å². The Balaban J connectivity index is 0. The van der Waals surface area contributed by atoms with Gasteiger partial charge < -0.3 is 29.9 Å². The van der Waals surface area contributed by atoms with Crippen LogP contribution < -0.4 is 40.0 Å². The maximum absolute atomic E-state index is 12.0. The van der Waals surface area contributed by atoms with Crippen LogP contribution in [0.15, 0.2) is 12.2 Å². The molecule has 0 aromatic carbocycles. The van der Waals surface area contributed by atoms with Crippen LogP contribution in [0.5, 0.6) is 0 Å². The topological polar surface area (TPSA) is 127 Å². The van der Waals surface area contributed by atoms with Crippen molar-refractivity contribution in [1.82, 2.24) is 5.32 Å². The van der Waals surface area contributed by atoms with Crippen molar-refractivity contribution in [3.8, 4) is 0 Å². The predicted octanol–water partition coefficient (Wildman–Crippen LogP) is -2.17. The van der Waals surface area contributed by atoms with Gasteiger partial charge in [0.05, 0.1) is 25.7 Å². The number of nitrogens with one attached hydrogen (secondary N) is 1. The molecule has 0 saturated carbocycles. The van der Waals surface area contributed by atoms with Crippen molar-refractivity contribution in [1.29, 1.82) is 0 Å². The van der Waals surface area contributed by atoms with E-state index in [0.717, 1.165) is 12.8 Å². The summed E-state index contributed by atoms with van der Waals surface area (Å²) in [5.41, 5.74) is 0. The molecule has 0 aliphatic heterocycles. The molecule has 0 aromatic rings. The van der Waals surface area contributed by atoms with Crippen LogP contribution in [0.25, 0.3) is 0 Å². The van der Waals surface area contributed by atoms with Gasteiger partial charge in [-0.1, -0.05) is 45.8 Å². The molecule has 9 heteroatoms. The van der Waals surface area contributed by atoms with Crippen molar-refractivity contribution in [2.75, 3.05) is 26.2 Å². The number of aliphatic hydroxyl groups excluding tert-OH is 1. The average molecular weight is 438 g/mol. The molecular weight excluding hydrogens is 399 g/mol. The summed E-state index contributed by atoms with van der Waals surface area (Å²) in [6.07, 6.45) is 7.44. The van der Waals surface area contributed by atoms with Gasteiger partial charge in [0.25, 0.3) is 0 Å². The Bertz CT molecular complexity index is 518. The number of amides is 1. The first-order valence-electron chi connectivity index (χ1n) is 10.6. The van der Waals surface area contributed by atoms with E-state index in [1.807, 2.05) is 26.8 Å². The number of carboxylic acids is 2. The first-order chi connectivity index (χ1) is 13.8. The van der Waals surface area contributed by atoms with Crippen LogP contribution in [0.1, 0.15) is 65.7 Å². The number of aliphatic carboxylic acids is 2. The van der Waals surface area contributed by atoms with Crippen LogP contribution in [0, 0.1) is 0 Å². The number of rotatable bonds is 17. The third kappa shape index (κ3) is 10.4. The van der Waals surface area contributed by atoms with Gasteiger partial charge in [-0.05, 0) is 12.8 Å². The third-order valence-electron chi connectivity index (χ3n) is 5.21. The molecule has 3 N–H and O–H groups in total. The number of allylic oxidation sites excluding steroid dienone is 1. The van der Waals surface area contributed by atoms with Crippen molar-refractivity contribution in [2.24, 2.45) is 0 Å². The van der Waals surface area contributed by atoms with E-state index >= 15 is 0 Å². The first kappa shape index (κ1) is 31.3. The predicted molar refractivity (Wildman–Crippen MR) is 109 cm³/mol. The fourth-order valence-corrected chi connectivity index (χ4v) is 3.82. The Morgan fingerprint density at radius 1 is 1.00 bits per heavy atom. The zero-order valence-corrected chi connectivity index (χ0v) is 21.1. The molecule has 30 heavy (non-hydrogen) atoms. The summed E-state index contributed by atoms with van der Waals surface area (Å²) in [6, 6.07) is -2.07. The van der Waals surface area contributed by atoms with Crippen molar-refractivity contribution >= 4 is 17.8 Å². The van der Waals surface area contributed by atoms with E-state index < -0.39 is 24.0 Å². The van der Waals surface area contributed by atoms with Gasteiger partial charge in [0, 0.05) is 19.3 Å². The van der Waals surface area contributed by atoms with Crippen molar-refractivity contribution in [2.45, 2.75) is 77.8 Å². The van der Waals surface area contributed by atoms with Gasteiger partial charge in [-0.2, -0.15) is 0 Å². The summed E-state index contributed by atoms with van der Waals surface area (Å²) in [4.78, 5) is 36.0. The Hall–Kier alpha value is -0.930. The molecule has 0 radical (unpaired) electrons. The summed E-state index contributed by atoms with van der Waals surface area (Å²) in [6.45, 7) is 5.55. The van der Waals surface area contributed by atoms with E-state index in [2.05, 4.69) is 5.32 Å². The number of hydrogen-bond acceptors (Lipinski definition) is 5. The fraction of sp³-hybridized carbons (Fsp3) is 0.762. The minimum atomic E-state index is -1.32. The van der Waals surface area contributed by atoms with Gasteiger partial charge >= 0.3 is 35.5 Å². The summed E-state index contributed by atoms with van der Waals surface area (Å²) in [7, 11) is 0. The molecule has 168 valence electrons. The average Bonchev–Trinajstić information content (AvgIpc) is 2.66. The van der Waals surface area contributed by atoms with Crippen LogP contribution >= 0.6 is 0 Å².